The van der Waals surface area contributed by atoms with Crippen LogP contribution in [-0.2, 0) is 11.8 Å². The molecule has 1 atom stereocenters. The Bertz CT molecular complexity index is 614. The molecule has 22 heavy (non-hydrogen) atoms. The Morgan fingerprint density at radius 3 is 2.41 bits per heavy atom. The molecule has 1 aliphatic heterocycles. The van der Waals surface area contributed by atoms with E-state index in [0.717, 1.165) is 30.4 Å². The van der Waals surface area contributed by atoms with Crippen molar-refractivity contribution in [2.24, 2.45) is 7.05 Å². The monoisotopic (exact) mass is 300 g/mol. The largest absolute Gasteiger partial charge is 0.377 e. The third-order valence-electron chi connectivity index (χ3n) is 4.37. The third-order valence-corrected chi connectivity index (χ3v) is 4.37. The zero-order chi connectivity index (χ0) is 15.5. The summed E-state index contributed by atoms with van der Waals surface area (Å²) in [7, 11) is 3.70. The SMILES string of the molecule is COC(C)c1ccc(-c2nc(N3CCCCC3)n(C)n2)cc1. The number of hydrogen-bond donors (Lipinski definition) is 0. The summed E-state index contributed by atoms with van der Waals surface area (Å²) in [5.74, 6) is 1.77. The van der Waals surface area contributed by atoms with Crippen LogP contribution in [0.3, 0.4) is 0 Å². The lowest BCUT2D eigenvalue weighted by Crippen LogP contribution is -2.31. The predicted molar refractivity (Wildman–Crippen MR) is 87.9 cm³/mol. The van der Waals surface area contributed by atoms with E-state index < -0.39 is 0 Å². The van der Waals surface area contributed by atoms with Crippen molar-refractivity contribution >= 4 is 5.95 Å². The molecule has 5 heteroatoms. The fraction of sp³-hybridized carbons (Fsp3) is 0.529. The van der Waals surface area contributed by atoms with E-state index in [1.54, 1.807) is 7.11 Å². The van der Waals surface area contributed by atoms with Gasteiger partial charge in [0, 0.05) is 32.8 Å². The number of methoxy groups -OCH3 is 1. The van der Waals surface area contributed by atoms with Crippen LogP contribution in [0.5, 0.6) is 0 Å². The highest BCUT2D eigenvalue weighted by Gasteiger charge is 2.18. The summed E-state index contributed by atoms with van der Waals surface area (Å²) in [6.07, 6.45) is 3.91. The van der Waals surface area contributed by atoms with Gasteiger partial charge in [-0.3, -0.25) is 0 Å². The van der Waals surface area contributed by atoms with E-state index in [9.17, 15) is 0 Å². The van der Waals surface area contributed by atoms with Crippen molar-refractivity contribution in [3.05, 3.63) is 29.8 Å². The first-order valence-electron chi connectivity index (χ1n) is 7.98. The number of rotatable bonds is 4. The Balaban J connectivity index is 1.83. The van der Waals surface area contributed by atoms with Crippen molar-refractivity contribution in [1.29, 1.82) is 0 Å². The Labute approximate surface area is 131 Å². The van der Waals surface area contributed by atoms with Gasteiger partial charge < -0.3 is 9.64 Å². The van der Waals surface area contributed by atoms with Gasteiger partial charge in [-0.15, -0.1) is 5.10 Å². The molecule has 0 spiro atoms. The lowest BCUT2D eigenvalue weighted by atomic mass is 10.1. The number of aromatic nitrogens is 3. The topological polar surface area (TPSA) is 43.2 Å². The number of ether oxygens (including phenoxy) is 1. The molecule has 1 unspecified atom stereocenters. The van der Waals surface area contributed by atoms with E-state index in [0.29, 0.717) is 0 Å². The average molecular weight is 300 g/mol. The first kappa shape index (κ1) is 15.0. The van der Waals surface area contributed by atoms with Crippen LogP contribution in [-0.4, -0.2) is 35.0 Å². The molecule has 1 aromatic heterocycles. The van der Waals surface area contributed by atoms with Crippen LogP contribution in [0, 0.1) is 0 Å². The summed E-state index contributed by atoms with van der Waals surface area (Å²) < 4.78 is 7.24. The predicted octanol–water partition coefficient (Wildman–Crippen LogP) is 3.18. The molecule has 0 N–H and O–H groups in total. The van der Waals surface area contributed by atoms with Crippen molar-refractivity contribution in [1.82, 2.24) is 14.8 Å². The molecule has 2 heterocycles. The van der Waals surface area contributed by atoms with E-state index in [2.05, 4.69) is 34.3 Å². The van der Waals surface area contributed by atoms with Crippen molar-refractivity contribution in [2.45, 2.75) is 32.3 Å². The molecule has 1 fully saturated rings. The smallest absolute Gasteiger partial charge is 0.224 e. The second-order valence-corrected chi connectivity index (χ2v) is 5.91. The molecule has 2 aromatic rings. The Hall–Kier alpha value is -1.88. The first-order valence-corrected chi connectivity index (χ1v) is 7.98. The molecule has 0 aliphatic carbocycles. The second-order valence-electron chi connectivity index (χ2n) is 5.91. The van der Waals surface area contributed by atoms with Crippen LogP contribution in [0.2, 0.25) is 0 Å². The maximum absolute atomic E-state index is 5.34. The van der Waals surface area contributed by atoms with Gasteiger partial charge in [-0.2, -0.15) is 4.98 Å². The number of nitrogens with zero attached hydrogens (tertiary/aromatic N) is 4. The molecule has 3 rings (SSSR count). The number of benzene rings is 1. The van der Waals surface area contributed by atoms with Gasteiger partial charge >= 0.3 is 0 Å². The summed E-state index contributed by atoms with van der Waals surface area (Å²) in [5.41, 5.74) is 2.21. The zero-order valence-electron chi connectivity index (χ0n) is 13.6. The quantitative estimate of drug-likeness (QED) is 0.870. The van der Waals surface area contributed by atoms with Gasteiger partial charge in [0.2, 0.25) is 5.95 Å². The molecular weight excluding hydrogens is 276 g/mol. The summed E-state index contributed by atoms with van der Waals surface area (Å²) in [5, 5.41) is 4.58. The molecule has 0 bridgehead atoms. The lowest BCUT2D eigenvalue weighted by Gasteiger charge is -2.26. The van der Waals surface area contributed by atoms with Crippen molar-refractivity contribution < 1.29 is 4.74 Å². The summed E-state index contributed by atoms with van der Waals surface area (Å²) >= 11 is 0. The summed E-state index contributed by atoms with van der Waals surface area (Å²) in [6, 6.07) is 8.31. The Morgan fingerprint density at radius 2 is 1.77 bits per heavy atom. The minimum absolute atomic E-state index is 0.106. The number of hydrogen-bond acceptors (Lipinski definition) is 4. The lowest BCUT2D eigenvalue weighted by molar-refractivity contribution is 0.119. The highest BCUT2D eigenvalue weighted by atomic mass is 16.5. The van der Waals surface area contributed by atoms with Crippen LogP contribution in [0.1, 0.15) is 37.9 Å². The van der Waals surface area contributed by atoms with E-state index in [-0.39, 0.29) is 6.10 Å². The summed E-state index contributed by atoms with van der Waals surface area (Å²) in [4.78, 5) is 7.08. The Morgan fingerprint density at radius 1 is 1.09 bits per heavy atom. The molecule has 0 saturated carbocycles. The molecule has 1 aliphatic rings. The van der Waals surface area contributed by atoms with Gasteiger partial charge in [0.1, 0.15) is 0 Å². The summed E-state index contributed by atoms with van der Waals surface area (Å²) in [6.45, 7) is 4.20. The van der Waals surface area contributed by atoms with Crippen LogP contribution in [0.15, 0.2) is 24.3 Å². The molecule has 5 nitrogen and oxygen atoms in total. The van der Waals surface area contributed by atoms with E-state index in [4.69, 9.17) is 9.72 Å². The number of piperidine rings is 1. The molecule has 1 saturated heterocycles. The fourth-order valence-electron chi connectivity index (χ4n) is 2.91. The van der Waals surface area contributed by atoms with Crippen molar-refractivity contribution in [2.75, 3.05) is 25.1 Å². The third kappa shape index (κ3) is 2.99. The maximum atomic E-state index is 5.34. The van der Waals surface area contributed by atoms with Crippen molar-refractivity contribution in [3.63, 3.8) is 0 Å². The van der Waals surface area contributed by atoms with E-state index >= 15 is 0 Å². The van der Waals surface area contributed by atoms with Crippen LogP contribution in [0.4, 0.5) is 5.95 Å². The van der Waals surface area contributed by atoms with Gasteiger partial charge in [0.05, 0.1) is 6.10 Å². The van der Waals surface area contributed by atoms with E-state index in [1.807, 2.05) is 18.7 Å². The number of anilines is 1. The molecule has 0 radical (unpaired) electrons. The Kier molecular flexibility index (Phi) is 4.43. The van der Waals surface area contributed by atoms with Gasteiger partial charge in [-0.25, -0.2) is 4.68 Å². The maximum Gasteiger partial charge on any atom is 0.224 e. The molecule has 118 valence electrons. The normalized spacial score (nSPS) is 16.8. The second kappa shape index (κ2) is 6.48. The minimum Gasteiger partial charge on any atom is -0.377 e. The first-order chi connectivity index (χ1) is 10.7. The average Bonchev–Trinajstić information content (AvgIpc) is 2.97. The zero-order valence-corrected chi connectivity index (χ0v) is 13.6. The van der Waals surface area contributed by atoms with Gasteiger partial charge in [-0.1, -0.05) is 24.3 Å². The molecular formula is C17H24N4O. The van der Waals surface area contributed by atoms with Crippen LogP contribution >= 0.6 is 0 Å². The standard InChI is InChI=1S/C17H24N4O/c1-13(22-3)14-7-9-15(10-8-14)16-18-17(20(2)19-16)21-11-5-4-6-12-21/h7-10,13H,4-6,11-12H2,1-3H3. The number of aryl methyl sites for hydroxylation is 1. The van der Waals surface area contributed by atoms with Gasteiger partial charge in [-0.05, 0) is 31.7 Å². The molecule has 1 aromatic carbocycles. The van der Waals surface area contributed by atoms with Gasteiger partial charge in [0.15, 0.2) is 5.82 Å². The minimum atomic E-state index is 0.106. The molecule has 0 amide bonds. The van der Waals surface area contributed by atoms with Crippen LogP contribution < -0.4 is 4.90 Å². The highest BCUT2D eigenvalue weighted by molar-refractivity contribution is 5.57. The van der Waals surface area contributed by atoms with Gasteiger partial charge in [0.25, 0.3) is 0 Å². The van der Waals surface area contributed by atoms with Crippen LogP contribution in [0.25, 0.3) is 11.4 Å². The fourth-order valence-corrected chi connectivity index (χ4v) is 2.91. The van der Waals surface area contributed by atoms with E-state index in [1.165, 1.54) is 24.8 Å². The van der Waals surface area contributed by atoms with Crippen molar-refractivity contribution in [3.8, 4) is 11.4 Å². The highest BCUT2D eigenvalue weighted by Crippen LogP contribution is 2.24.